The Balaban J connectivity index is 2.00. The zero-order valence-corrected chi connectivity index (χ0v) is 19.4. The number of likely N-dealkylation sites (N-methyl/N-ethyl adjacent to an activating group) is 2. The molecule has 1 unspecified atom stereocenters. The van der Waals surface area contributed by atoms with Crippen molar-refractivity contribution >= 4 is 11.9 Å². The molecule has 0 radical (unpaired) electrons. The normalized spacial score (nSPS) is 17.6. The SMILES string of the molecule is CCNC(=NCc1cccc(CN2CCOC(C)C2)c1)N(C)CC(=O)N(CC)CC. The maximum absolute atomic E-state index is 12.4. The second kappa shape index (κ2) is 12.5. The van der Waals surface area contributed by atoms with Crippen LogP contribution in [0.4, 0.5) is 0 Å². The van der Waals surface area contributed by atoms with Gasteiger partial charge in [-0.05, 0) is 38.8 Å². The van der Waals surface area contributed by atoms with Gasteiger partial charge in [0.15, 0.2) is 5.96 Å². The van der Waals surface area contributed by atoms with E-state index in [1.54, 1.807) is 0 Å². The third-order valence-electron chi connectivity index (χ3n) is 5.32. The minimum absolute atomic E-state index is 0.120. The molecule has 7 heteroatoms. The highest BCUT2D eigenvalue weighted by molar-refractivity contribution is 5.86. The molecule has 0 bridgehead atoms. The summed E-state index contributed by atoms with van der Waals surface area (Å²) in [6.07, 6.45) is 0.295. The summed E-state index contributed by atoms with van der Waals surface area (Å²) in [6.45, 7) is 15.0. The summed E-state index contributed by atoms with van der Waals surface area (Å²) in [5.41, 5.74) is 2.47. The molecule has 2 rings (SSSR count). The Bertz CT molecular complexity index is 690. The Hall–Kier alpha value is -2.12. The Morgan fingerprint density at radius 1 is 1.27 bits per heavy atom. The third-order valence-corrected chi connectivity index (χ3v) is 5.32. The maximum atomic E-state index is 12.4. The first kappa shape index (κ1) is 24.2. The second-order valence-corrected chi connectivity index (χ2v) is 7.83. The molecule has 1 atom stereocenters. The lowest BCUT2D eigenvalue weighted by Gasteiger charge is -2.31. The first-order valence-electron chi connectivity index (χ1n) is 11.2. The number of carbonyl (C=O) groups excluding carboxylic acids is 1. The van der Waals surface area contributed by atoms with Crippen LogP contribution in [-0.4, -0.2) is 85.6 Å². The number of benzene rings is 1. The maximum Gasteiger partial charge on any atom is 0.242 e. The molecule has 0 aromatic heterocycles. The van der Waals surface area contributed by atoms with Gasteiger partial charge in [0.2, 0.25) is 5.91 Å². The van der Waals surface area contributed by atoms with Crippen molar-refractivity contribution in [3.8, 4) is 0 Å². The van der Waals surface area contributed by atoms with E-state index in [0.29, 0.717) is 19.2 Å². The average Bonchev–Trinajstić information content (AvgIpc) is 2.72. The summed E-state index contributed by atoms with van der Waals surface area (Å²) in [5, 5.41) is 3.30. The van der Waals surface area contributed by atoms with Gasteiger partial charge in [-0.25, -0.2) is 4.99 Å². The summed E-state index contributed by atoms with van der Waals surface area (Å²) < 4.78 is 5.64. The van der Waals surface area contributed by atoms with Crippen LogP contribution in [0.2, 0.25) is 0 Å². The number of morpholine rings is 1. The lowest BCUT2D eigenvalue weighted by molar-refractivity contribution is -0.131. The lowest BCUT2D eigenvalue weighted by atomic mass is 10.1. The van der Waals surface area contributed by atoms with Crippen LogP contribution < -0.4 is 5.32 Å². The van der Waals surface area contributed by atoms with Crippen molar-refractivity contribution in [2.24, 2.45) is 4.99 Å². The minimum atomic E-state index is 0.120. The van der Waals surface area contributed by atoms with E-state index < -0.39 is 0 Å². The summed E-state index contributed by atoms with van der Waals surface area (Å²) in [5.74, 6) is 0.875. The van der Waals surface area contributed by atoms with Crippen LogP contribution in [0, 0.1) is 0 Å². The molecular weight excluding hydrogens is 378 g/mol. The molecule has 1 N–H and O–H groups in total. The van der Waals surface area contributed by atoms with Crippen LogP contribution in [0.25, 0.3) is 0 Å². The van der Waals surface area contributed by atoms with Crippen LogP contribution in [0.3, 0.4) is 0 Å². The van der Waals surface area contributed by atoms with E-state index in [4.69, 9.17) is 9.73 Å². The summed E-state index contributed by atoms with van der Waals surface area (Å²) in [6, 6.07) is 8.62. The largest absolute Gasteiger partial charge is 0.376 e. The van der Waals surface area contributed by atoms with E-state index in [0.717, 1.165) is 51.8 Å². The molecule has 1 aromatic carbocycles. The van der Waals surface area contributed by atoms with Gasteiger partial charge < -0.3 is 19.9 Å². The summed E-state index contributed by atoms with van der Waals surface area (Å²) >= 11 is 0. The highest BCUT2D eigenvalue weighted by atomic mass is 16.5. The fraction of sp³-hybridized carbons (Fsp3) is 0.652. The molecule has 1 aliphatic heterocycles. The van der Waals surface area contributed by atoms with Crippen LogP contribution in [0.5, 0.6) is 0 Å². The molecule has 168 valence electrons. The van der Waals surface area contributed by atoms with Gasteiger partial charge in [0.05, 0.1) is 25.8 Å². The second-order valence-electron chi connectivity index (χ2n) is 7.83. The molecule has 1 fully saturated rings. The van der Waals surface area contributed by atoms with Gasteiger partial charge in [0, 0.05) is 46.3 Å². The number of ether oxygens (including phenoxy) is 1. The van der Waals surface area contributed by atoms with Crippen molar-refractivity contribution in [1.82, 2.24) is 20.0 Å². The molecule has 0 saturated carbocycles. The fourth-order valence-electron chi connectivity index (χ4n) is 3.71. The molecular formula is C23H39N5O2. The minimum Gasteiger partial charge on any atom is -0.376 e. The van der Waals surface area contributed by atoms with Gasteiger partial charge in [-0.3, -0.25) is 9.69 Å². The van der Waals surface area contributed by atoms with E-state index in [2.05, 4.69) is 41.4 Å². The summed E-state index contributed by atoms with van der Waals surface area (Å²) in [7, 11) is 1.92. The smallest absolute Gasteiger partial charge is 0.242 e. The van der Waals surface area contributed by atoms with E-state index in [-0.39, 0.29) is 5.91 Å². The van der Waals surface area contributed by atoms with E-state index >= 15 is 0 Å². The van der Waals surface area contributed by atoms with Crippen LogP contribution in [-0.2, 0) is 22.6 Å². The van der Waals surface area contributed by atoms with Crippen molar-refractivity contribution in [2.75, 3.05) is 52.9 Å². The molecule has 7 nitrogen and oxygen atoms in total. The van der Waals surface area contributed by atoms with Crippen molar-refractivity contribution in [1.29, 1.82) is 0 Å². The Morgan fingerprint density at radius 2 is 2.00 bits per heavy atom. The van der Waals surface area contributed by atoms with Crippen molar-refractivity contribution in [3.63, 3.8) is 0 Å². The molecule has 1 aromatic rings. The van der Waals surface area contributed by atoms with Gasteiger partial charge in [-0.2, -0.15) is 0 Å². The van der Waals surface area contributed by atoms with Crippen LogP contribution >= 0.6 is 0 Å². The molecule has 0 spiro atoms. The Labute approximate surface area is 182 Å². The van der Waals surface area contributed by atoms with E-state index in [9.17, 15) is 4.79 Å². The zero-order chi connectivity index (χ0) is 21.9. The number of aliphatic imine (C=N–C) groups is 1. The molecule has 1 heterocycles. The fourth-order valence-corrected chi connectivity index (χ4v) is 3.71. The van der Waals surface area contributed by atoms with Crippen molar-refractivity contribution in [3.05, 3.63) is 35.4 Å². The number of nitrogens with one attached hydrogen (secondary N) is 1. The van der Waals surface area contributed by atoms with Crippen molar-refractivity contribution in [2.45, 2.75) is 46.9 Å². The number of rotatable bonds is 9. The monoisotopic (exact) mass is 417 g/mol. The number of nitrogens with zero attached hydrogens (tertiary/aromatic N) is 4. The Morgan fingerprint density at radius 3 is 2.67 bits per heavy atom. The molecule has 30 heavy (non-hydrogen) atoms. The number of carbonyl (C=O) groups is 1. The van der Waals surface area contributed by atoms with Gasteiger partial charge in [-0.1, -0.05) is 24.3 Å². The van der Waals surface area contributed by atoms with Gasteiger partial charge in [0.25, 0.3) is 0 Å². The van der Waals surface area contributed by atoms with Gasteiger partial charge >= 0.3 is 0 Å². The lowest BCUT2D eigenvalue weighted by Crippen LogP contribution is -2.45. The molecule has 1 aliphatic rings. The third kappa shape index (κ3) is 7.61. The van der Waals surface area contributed by atoms with Gasteiger partial charge in [0.1, 0.15) is 0 Å². The van der Waals surface area contributed by atoms with Crippen LogP contribution in [0.1, 0.15) is 38.8 Å². The number of guanidine groups is 1. The topological polar surface area (TPSA) is 60.4 Å². The van der Waals surface area contributed by atoms with Crippen LogP contribution in [0.15, 0.2) is 29.3 Å². The predicted octanol–water partition coefficient (Wildman–Crippen LogP) is 2.17. The summed E-state index contributed by atoms with van der Waals surface area (Å²) in [4.78, 5) is 23.4. The number of hydrogen-bond acceptors (Lipinski definition) is 4. The average molecular weight is 418 g/mol. The highest BCUT2D eigenvalue weighted by Gasteiger charge is 2.17. The molecule has 1 saturated heterocycles. The highest BCUT2D eigenvalue weighted by Crippen LogP contribution is 2.13. The first-order chi connectivity index (χ1) is 14.5. The standard InChI is InChI=1S/C23H39N5O2/c1-6-24-23(26(5)18-22(29)28(7-2)8-3)25-15-20-10-9-11-21(14-20)17-27-12-13-30-19(4)16-27/h9-11,14,19H,6-8,12-13,15-18H2,1-5H3,(H,24,25). The number of hydrogen-bond donors (Lipinski definition) is 1. The molecule has 0 aliphatic carbocycles. The first-order valence-corrected chi connectivity index (χ1v) is 11.2. The van der Waals surface area contributed by atoms with Gasteiger partial charge in [-0.15, -0.1) is 0 Å². The molecule has 1 amide bonds. The Kier molecular flexibility index (Phi) is 10.1. The zero-order valence-electron chi connectivity index (χ0n) is 19.4. The van der Waals surface area contributed by atoms with E-state index in [1.165, 1.54) is 11.1 Å². The van der Waals surface area contributed by atoms with E-state index in [1.807, 2.05) is 37.6 Å². The predicted molar refractivity (Wildman–Crippen MR) is 123 cm³/mol. The quantitative estimate of drug-likeness (QED) is 0.493. The number of amides is 1. The van der Waals surface area contributed by atoms with Crippen molar-refractivity contribution < 1.29 is 9.53 Å².